The second kappa shape index (κ2) is 6.43. The van der Waals surface area contributed by atoms with E-state index in [1.807, 2.05) is 18.4 Å². The molecule has 0 aromatic carbocycles. The van der Waals surface area contributed by atoms with Gasteiger partial charge in [0.05, 0.1) is 6.54 Å². The van der Waals surface area contributed by atoms with E-state index >= 15 is 0 Å². The summed E-state index contributed by atoms with van der Waals surface area (Å²) in [5.74, 6) is 1.35. The highest BCUT2D eigenvalue weighted by molar-refractivity contribution is 7.09. The maximum Gasteiger partial charge on any atom is 0.217 e. The van der Waals surface area contributed by atoms with Crippen molar-refractivity contribution in [2.45, 2.75) is 39.0 Å². The zero-order valence-electron chi connectivity index (χ0n) is 13.3. The summed E-state index contributed by atoms with van der Waals surface area (Å²) >= 11 is 1.59. The van der Waals surface area contributed by atoms with Crippen LogP contribution in [0.2, 0.25) is 0 Å². The van der Waals surface area contributed by atoms with Crippen LogP contribution in [-0.2, 0) is 23.5 Å². The molecule has 2 aromatic rings. The van der Waals surface area contributed by atoms with E-state index in [2.05, 4.69) is 15.2 Å². The van der Waals surface area contributed by atoms with Crippen molar-refractivity contribution in [3.8, 4) is 0 Å². The summed E-state index contributed by atoms with van der Waals surface area (Å²) in [5, 5.41) is 15.2. The van der Waals surface area contributed by atoms with Crippen molar-refractivity contribution >= 4 is 17.2 Å². The number of aliphatic hydroxyl groups excluding tert-OH is 1. The molecule has 1 aliphatic heterocycles. The highest BCUT2D eigenvalue weighted by Crippen LogP contribution is 2.35. The minimum Gasteiger partial charge on any atom is -0.462 e. The summed E-state index contributed by atoms with van der Waals surface area (Å²) in [6.45, 7) is 5.64. The van der Waals surface area contributed by atoms with Crippen molar-refractivity contribution in [2.75, 3.05) is 13.1 Å². The van der Waals surface area contributed by atoms with Crippen LogP contribution in [0.15, 0.2) is 21.9 Å². The number of thiazole rings is 1. The fourth-order valence-electron chi connectivity index (χ4n) is 3.08. The van der Waals surface area contributed by atoms with Gasteiger partial charge < -0.3 is 14.8 Å². The zero-order chi connectivity index (χ0) is 16.4. The lowest BCUT2D eigenvalue weighted by molar-refractivity contribution is -0.120. The van der Waals surface area contributed by atoms with Crippen LogP contribution in [0, 0.1) is 6.92 Å². The van der Waals surface area contributed by atoms with Crippen LogP contribution in [0.3, 0.4) is 0 Å². The number of aromatic nitrogens is 1. The molecule has 23 heavy (non-hydrogen) atoms. The van der Waals surface area contributed by atoms with Crippen LogP contribution in [0.4, 0.5) is 0 Å². The molecule has 6 nitrogen and oxygen atoms in total. The molecule has 0 radical (unpaired) electrons. The van der Waals surface area contributed by atoms with E-state index in [0.29, 0.717) is 18.8 Å². The Hall–Kier alpha value is -1.70. The van der Waals surface area contributed by atoms with Crippen molar-refractivity contribution in [2.24, 2.45) is 0 Å². The van der Waals surface area contributed by atoms with Gasteiger partial charge in [-0.3, -0.25) is 9.69 Å². The Bertz CT molecular complexity index is 696. The second-order valence-electron chi connectivity index (χ2n) is 6.04. The monoisotopic (exact) mass is 335 g/mol. The third kappa shape index (κ3) is 3.46. The van der Waals surface area contributed by atoms with E-state index in [0.717, 1.165) is 29.4 Å². The first-order valence-electron chi connectivity index (χ1n) is 7.63. The molecule has 1 saturated heterocycles. The summed E-state index contributed by atoms with van der Waals surface area (Å²) in [4.78, 5) is 18.5. The summed E-state index contributed by atoms with van der Waals surface area (Å²) in [5.41, 5.74) is 0.559. The lowest BCUT2D eigenvalue weighted by Gasteiger charge is -2.28. The molecule has 0 spiro atoms. The van der Waals surface area contributed by atoms with Crippen molar-refractivity contribution < 1.29 is 14.3 Å². The number of hydrogen-bond donors (Lipinski definition) is 2. The number of furan rings is 1. The first-order chi connectivity index (χ1) is 11.0. The number of aliphatic hydroxyl groups is 1. The van der Waals surface area contributed by atoms with Gasteiger partial charge in [0.25, 0.3) is 0 Å². The molecule has 0 saturated carbocycles. The van der Waals surface area contributed by atoms with Gasteiger partial charge in [0.15, 0.2) is 0 Å². The molecule has 124 valence electrons. The van der Waals surface area contributed by atoms with Gasteiger partial charge in [-0.15, -0.1) is 11.3 Å². The predicted octanol–water partition coefficient (Wildman–Crippen LogP) is 1.77. The smallest absolute Gasteiger partial charge is 0.217 e. The molecule has 1 amide bonds. The standard InChI is InChI=1S/C16H21N3O3S/c1-11-9-23-15(17-11)16(18-12(2)21)5-6-19(10-16)7-13-3-4-14(8-20)22-13/h3-4,9,20H,5-8,10H2,1-2H3,(H,18,21). The third-order valence-electron chi connectivity index (χ3n) is 4.04. The van der Waals surface area contributed by atoms with Gasteiger partial charge in [-0.05, 0) is 25.5 Å². The first-order valence-corrected chi connectivity index (χ1v) is 8.51. The lowest BCUT2D eigenvalue weighted by atomic mass is 9.99. The van der Waals surface area contributed by atoms with Crippen LogP contribution < -0.4 is 5.32 Å². The van der Waals surface area contributed by atoms with Crippen LogP contribution in [0.25, 0.3) is 0 Å². The third-order valence-corrected chi connectivity index (χ3v) is 5.21. The number of amides is 1. The minimum atomic E-state index is -0.419. The molecule has 3 heterocycles. The van der Waals surface area contributed by atoms with Crippen molar-refractivity contribution in [3.05, 3.63) is 39.7 Å². The molecule has 0 aliphatic carbocycles. The maximum absolute atomic E-state index is 11.7. The number of likely N-dealkylation sites (tertiary alicyclic amines) is 1. The van der Waals surface area contributed by atoms with Gasteiger partial charge in [0.2, 0.25) is 5.91 Å². The molecule has 1 atom stereocenters. The second-order valence-corrected chi connectivity index (χ2v) is 6.90. The van der Waals surface area contributed by atoms with E-state index in [-0.39, 0.29) is 12.5 Å². The molecule has 1 fully saturated rings. The fraction of sp³-hybridized carbons (Fsp3) is 0.500. The molecule has 1 aliphatic rings. The molecule has 7 heteroatoms. The summed E-state index contributed by atoms with van der Waals surface area (Å²) < 4.78 is 5.56. The number of rotatable bonds is 5. The van der Waals surface area contributed by atoms with Crippen molar-refractivity contribution in [1.29, 1.82) is 0 Å². The highest BCUT2D eigenvalue weighted by Gasteiger charge is 2.42. The highest BCUT2D eigenvalue weighted by atomic mass is 32.1. The Morgan fingerprint density at radius 2 is 2.30 bits per heavy atom. The first kappa shape index (κ1) is 16.2. The Morgan fingerprint density at radius 1 is 1.52 bits per heavy atom. The van der Waals surface area contributed by atoms with Crippen molar-refractivity contribution in [1.82, 2.24) is 15.2 Å². The van der Waals surface area contributed by atoms with Crippen LogP contribution in [-0.4, -0.2) is 34.0 Å². The molecular formula is C16H21N3O3S. The van der Waals surface area contributed by atoms with Crippen molar-refractivity contribution in [3.63, 3.8) is 0 Å². The van der Waals surface area contributed by atoms with Crippen LogP contribution in [0.5, 0.6) is 0 Å². The van der Waals surface area contributed by atoms with E-state index in [1.54, 1.807) is 24.3 Å². The van der Waals surface area contributed by atoms with E-state index in [9.17, 15) is 4.79 Å². The summed E-state index contributed by atoms with van der Waals surface area (Å²) in [6.07, 6.45) is 0.826. The largest absolute Gasteiger partial charge is 0.462 e. The Labute approximate surface area is 139 Å². The molecular weight excluding hydrogens is 314 g/mol. The number of nitrogens with one attached hydrogen (secondary N) is 1. The van der Waals surface area contributed by atoms with E-state index in [4.69, 9.17) is 9.52 Å². The van der Waals surface area contributed by atoms with Gasteiger partial charge >= 0.3 is 0 Å². The molecule has 1 unspecified atom stereocenters. The topological polar surface area (TPSA) is 78.6 Å². The average molecular weight is 335 g/mol. The lowest BCUT2D eigenvalue weighted by Crippen LogP contribution is -2.47. The van der Waals surface area contributed by atoms with Gasteiger partial charge in [-0.1, -0.05) is 0 Å². The number of hydrogen-bond acceptors (Lipinski definition) is 6. The number of aryl methyl sites for hydroxylation is 1. The quantitative estimate of drug-likeness (QED) is 0.871. The van der Waals surface area contributed by atoms with Gasteiger partial charge in [0.1, 0.15) is 28.7 Å². The van der Waals surface area contributed by atoms with Gasteiger partial charge in [-0.25, -0.2) is 4.98 Å². The van der Waals surface area contributed by atoms with Crippen LogP contribution in [0.1, 0.15) is 35.6 Å². The fourth-order valence-corrected chi connectivity index (χ4v) is 4.05. The zero-order valence-corrected chi connectivity index (χ0v) is 14.2. The number of carbonyl (C=O) groups is 1. The SMILES string of the molecule is CC(=O)NC1(c2nc(C)cs2)CCN(Cc2ccc(CO)o2)C1. The number of nitrogens with zero attached hydrogens (tertiary/aromatic N) is 2. The van der Waals surface area contributed by atoms with E-state index < -0.39 is 5.54 Å². The Morgan fingerprint density at radius 3 is 2.91 bits per heavy atom. The number of carbonyl (C=O) groups excluding carboxylic acids is 1. The molecule has 3 rings (SSSR count). The van der Waals surface area contributed by atoms with E-state index in [1.165, 1.54) is 0 Å². The normalized spacial score (nSPS) is 21.7. The average Bonchev–Trinajstić information content (AvgIpc) is 3.20. The Balaban J connectivity index is 1.76. The summed E-state index contributed by atoms with van der Waals surface area (Å²) in [6, 6.07) is 3.67. The van der Waals surface area contributed by atoms with Gasteiger partial charge in [0, 0.05) is 31.1 Å². The molecule has 2 N–H and O–H groups in total. The Kier molecular flexibility index (Phi) is 4.52. The molecule has 0 bridgehead atoms. The maximum atomic E-state index is 11.7. The molecule has 2 aromatic heterocycles. The predicted molar refractivity (Wildman–Crippen MR) is 86.9 cm³/mol. The van der Waals surface area contributed by atoms with Crippen LogP contribution >= 0.6 is 11.3 Å². The minimum absolute atomic E-state index is 0.0414. The van der Waals surface area contributed by atoms with Gasteiger partial charge in [-0.2, -0.15) is 0 Å². The summed E-state index contributed by atoms with van der Waals surface area (Å²) in [7, 11) is 0.